The largest absolute Gasteiger partial charge is 0.505 e. The Labute approximate surface area is 110 Å². The van der Waals surface area contributed by atoms with E-state index in [2.05, 4.69) is 91.8 Å². The van der Waals surface area contributed by atoms with Gasteiger partial charge in [0.2, 0.25) is 0 Å². The fourth-order valence-corrected chi connectivity index (χ4v) is 2.74. The third kappa shape index (κ3) is 2.19. The Bertz CT molecular complexity index is 363. The molecule has 1 aromatic rings. The van der Waals surface area contributed by atoms with Gasteiger partial charge in [0.05, 0.1) is 28.2 Å². The molecule has 0 aliphatic carbocycles. The summed E-state index contributed by atoms with van der Waals surface area (Å²) in [6, 6.07) is 0. The highest BCUT2D eigenvalue weighted by atomic mass is 15.5. The predicted molar refractivity (Wildman–Crippen MR) is 73.0 cm³/mol. The third-order valence-corrected chi connectivity index (χ3v) is 3.00. The smallest absolute Gasteiger partial charge is 0.302 e. The Morgan fingerprint density at radius 2 is 0.667 bits per heavy atom. The third-order valence-electron chi connectivity index (χ3n) is 3.00. The average molecular weight is 255 g/mol. The van der Waals surface area contributed by atoms with Crippen LogP contribution < -0.4 is 28.4 Å². The minimum Gasteiger partial charge on any atom is -0.302 e. The van der Waals surface area contributed by atoms with Crippen molar-refractivity contribution in [3.63, 3.8) is 0 Å². The zero-order chi connectivity index (χ0) is 14.2. The molecule has 0 aliphatic rings. The molecular formula is C12H27N6+3. The molecule has 18 heavy (non-hydrogen) atoms. The summed E-state index contributed by atoms with van der Waals surface area (Å²) in [5.41, 5.74) is 0. The lowest BCUT2D eigenvalue weighted by molar-refractivity contribution is -0.879. The van der Waals surface area contributed by atoms with Crippen LogP contribution in [0, 0.1) is 0 Å². The van der Waals surface area contributed by atoms with E-state index in [1.54, 1.807) is 0 Å². The van der Waals surface area contributed by atoms with Crippen molar-refractivity contribution < 1.29 is 13.7 Å². The Morgan fingerprint density at radius 3 is 0.778 bits per heavy atom. The molecule has 1 heterocycles. The van der Waals surface area contributed by atoms with E-state index in [1.165, 1.54) is 0 Å². The van der Waals surface area contributed by atoms with Gasteiger partial charge in [-0.15, -0.1) is 9.13 Å². The van der Waals surface area contributed by atoms with Gasteiger partial charge in [0, 0.05) is 14.1 Å². The van der Waals surface area contributed by atoms with Gasteiger partial charge >= 0.3 is 17.8 Å². The van der Waals surface area contributed by atoms with Crippen molar-refractivity contribution >= 4 is 17.8 Å². The number of aromatic nitrogens is 3. The fourth-order valence-electron chi connectivity index (χ4n) is 2.74. The molecule has 6 nitrogen and oxygen atoms in total. The SMILES string of the molecule is CN(C)c1[n+](C)c(N(C)C)[n+](C)c(N(C)C)[n+]1C. The molecule has 0 radical (unpaired) electrons. The van der Waals surface area contributed by atoms with Crippen molar-refractivity contribution in [2.45, 2.75) is 0 Å². The van der Waals surface area contributed by atoms with Crippen molar-refractivity contribution in [3.05, 3.63) is 0 Å². The number of hydrogen-bond acceptors (Lipinski definition) is 3. The van der Waals surface area contributed by atoms with Gasteiger partial charge in [0.15, 0.2) is 0 Å². The highest BCUT2D eigenvalue weighted by Gasteiger charge is 2.38. The minimum atomic E-state index is 1.14. The first kappa shape index (κ1) is 14.5. The van der Waals surface area contributed by atoms with Crippen LogP contribution in [-0.4, -0.2) is 42.3 Å². The first-order valence-corrected chi connectivity index (χ1v) is 6.04. The van der Waals surface area contributed by atoms with Gasteiger partial charge in [-0.2, -0.15) is 0 Å². The molecule has 1 aromatic heterocycles. The molecule has 0 N–H and O–H groups in total. The maximum Gasteiger partial charge on any atom is 0.505 e. The topological polar surface area (TPSA) is 21.4 Å². The summed E-state index contributed by atoms with van der Waals surface area (Å²) < 4.78 is 6.56. The highest BCUT2D eigenvalue weighted by molar-refractivity contribution is 5.24. The van der Waals surface area contributed by atoms with E-state index in [9.17, 15) is 0 Å². The maximum absolute atomic E-state index is 2.19. The summed E-state index contributed by atoms with van der Waals surface area (Å²) in [5.74, 6) is 3.42. The van der Waals surface area contributed by atoms with E-state index < -0.39 is 0 Å². The molecule has 0 fully saturated rings. The molecule has 0 aliphatic heterocycles. The van der Waals surface area contributed by atoms with Crippen LogP contribution in [0.2, 0.25) is 0 Å². The van der Waals surface area contributed by atoms with Gasteiger partial charge in [-0.05, 0) is 0 Å². The monoisotopic (exact) mass is 255 g/mol. The zero-order valence-electron chi connectivity index (χ0n) is 13.2. The van der Waals surface area contributed by atoms with Gasteiger partial charge in [-0.3, -0.25) is 0 Å². The van der Waals surface area contributed by atoms with Crippen molar-refractivity contribution in [1.82, 2.24) is 0 Å². The van der Waals surface area contributed by atoms with Crippen molar-refractivity contribution in [2.24, 2.45) is 21.1 Å². The van der Waals surface area contributed by atoms with E-state index in [0.717, 1.165) is 17.8 Å². The lowest BCUT2D eigenvalue weighted by atomic mass is 10.6. The quantitative estimate of drug-likeness (QED) is 0.605. The summed E-state index contributed by atoms with van der Waals surface area (Å²) in [6.07, 6.45) is 0. The molecule has 0 unspecified atom stereocenters. The molecule has 0 atom stereocenters. The van der Waals surface area contributed by atoms with Crippen molar-refractivity contribution in [2.75, 3.05) is 57.0 Å². The standard InChI is InChI=1S/C12H27N6/c1-13(2)10-16(7)11(14(3)4)18(9)12(15(5)6)17(10)8/h1-9H3/q+3. The number of hydrogen-bond donors (Lipinski definition) is 0. The molecule has 0 saturated heterocycles. The molecule has 6 heteroatoms. The van der Waals surface area contributed by atoms with Gasteiger partial charge in [-0.1, -0.05) is 4.57 Å². The second-order valence-electron chi connectivity index (χ2n) is 5.26. The summed E-state index contributed by atoms with van der Waals surface area (Å²) in [7, 11) is 18.6. The van der Waals surface area contributed by atoms with Crippen LogP contribution >= 0.6 is 0 Å². The van der Waals surface area contributed by atoms with Crippen LogP contribution in [0.4, 0.5) is 17.8 Å². The van der Waals surface area contributed by atoms with Crippen LogP contribution in [-0.2, 0) is 21.1 Å². The Balaban J connectivity index is 3.76. The molecule has 0 aromatic carbocycles. The van der Waals surface area contributed by atoms with Crippen molar-refractivity contribution in [1.29, 1.82) is 0 Å². The number of nitrogens with zero attached hydrogens (tertiary/aromatic N) is 6. The summed E-state index contributed by atoms with van der Waals surface area (Å²) >= 11 is 0. The molecule has 1 rings (SSSR count). The van der Waals surface area contributed by atoms with E-state index in [0.29, 0.717) is 0 Å². The number of anilines is 3. The van der Waals surface area contributed by atoms with Crippen LogP contribution in [0.5, 0.6) is 0 Å². The Hall–Kier alpha value is -1.59. The summed E-state index contributed by atoms with van der Waals surface area (Å²) in [4.78, 5) is 6.38. The predicted octanol–water partition coefficient (Wildman–Crippen LogP) is -1.64. The molecule has 0 spiro atoms. The van der Waals surface area contributed by atoms with E-state index in [4.69, 9.17) is 0 Å². The first-order valence-electron chi connectivity index (χ1n) is 6.04. The van der Waals surface area contributed by atoms with Crippen LogP contribution in [0.15, 0.2) is 0 Å². The first-order chi connectivity index (χ1) is 8.20. The fraction of sp³-hybridized carbons (Fsp3) is 0.750. The van der Waals surface area contributed by atoms with Gasteiger partial charge in [-0.25, -0.2) is 9.80 Å². The average Bonchev–Trinajstić information content (AvgIpc) is 2.14. The van der Waals surface area contributed by atoms with Gasteiger partial charge in [0.1, 0.15) is 21.1 Å². The molecular weight excluding hydrogens is 228 g/mol. The Kier molecular flexibility index (Phi) is 3.98. The van der Waals surface area contributed by atoms with Crippen molar-refractivity contribution in [3.8, 4) is 0 Å². The Morgan fingerprint density at radius 1 is 0.500 bits per heavy atom. The van der Waals surface area contributed by atoms with E-state index >= 15 is 0 Å². The lowest BCUT2D eigenvalue weighted by Gasteiger charge is -2.16. The number of rotatable bonds is 3. The molecule has 0 saturated carbocycles. The van der Waals surface area contributed by atoms with Crippen LogP contribution in [0.1, 0.15) is 0 Å². The molecule has 0 bridgehead atoms. The van der Waals surface area contributed by atoms with Crippen LogP contribution in [0.3, 0.4) is 0 Å². The second kappa shape index (κ2) is 4.96. The van der Waals surface area contributed by atoms with Gasteiger partial charge in [0.25, 0.3) is 0 Å². The zero-order valence-corrected chi connectivity index (χ0v) is 13.2. The lowest BCUT2D eigenvalue weighted by Crippen LogP contribution is -2.64. The minimum absolute atomic E-state index is 1.14. The molecule has 102 valence electrons. The second-order valence-corrected chi connectivity index (χ2v) is 5.26. The van der Waals surface area contributed by atoms with E-state index in [-0.39, 0.29) is 0 Å². The molecule has 0 amide bonds. The van der Waals surface area contributed by atoms with Gasteiger partial charge < -0.3 is 4.90 Å². The summed E-state index contributed by atoms with van der Waals surface area (Å²) in [6.45, 7) is 0. The maximum atomic E-state index is 2.19. The normalized spacial score (nSPS) is 10.5. The van der Waals surface area contributed by atoms with E-state index in [1.807, 2.05) is 0 Å². The van der Waals surface area contributed by atoms with Crippen LogP contribution in [0.25, 0.3) is 0 Å². The summed E-state index contributed by atoms with van der Waals surface area (Å²) in [5, 5.41) is 0. The highest BCUT2D eigenvalue weighted by Crippen LogP contribution is 2.07.